The molecule has 0 aromatic heterocycles. The number of ketones is 1. The first-order valence-corrected chi connectivity index (χ1v) is 7.24. The topological polar surface area (TPSA) is 20.3 Å². The van der Waals surface area contributed by atoms with Crippen molar-refractivity contribution in [2.45, 2.75) is 27.7 Å². The molecule has 0 atom stereocenters. The van der Waals surface area contributed by atoms with Crippen LogP contribution in [-0.4, -0.2) is 30.8 Å². The molecule has 0 unspecified atom stereocenters. The standard InChI is InChI=1S/C19H25NO/c1-16-11-7-8-12-17(16)18(21)15-20(5)14-10-6-9-13-19(2,3)4/h6-8,10-12H,14-15H2,1-5H3. The lowest BCUT2D eigenvalue weighted by atomic mass is 9.98. The molecule has 112 valence electrons. The summed E-state index contributed by atoms with van der Waals surface area (Å²) in [5, 5.41) is 0. The van der Waals surface area contributed by atoms with Crippen molar-refractivity contribution in [1.29, 1.82) is 0 Å². The van der Waals surface area contributed by atoms with E-state index < -0.39 is 0 Å². The van der Waals surface area contributed by atoms with Gasteiger partial charge in [-0.25, -0.2) is 0 Å². The van der Waals surface area contributed by atoms with E-state index >= 15 is 0 Å². The van der Waals surface area contributed by atoms with Gasteiger partial charge in [-0.1, -0.05) is 42.2 Å². The second-order valence-corrected chi connectivity index (χ2v) is 6.36. The maximum atomic E-state index is 12.2. The molecule has 0 spiro atoms. The van der Waals surface area contributed by atoms with Gasteiger partial charge in [-0.3, -0.25) is 9.69 Å². The molecule has 0 aliphatic carbocycles. The summed E-state index contributed by atoms with van der Waals surface area (Å²) in [6, 6.07) is 7.71. The molecule has 0 aliphatic rings. The molecule has 21 heavy (non-hydrogen) atoms. The fourth-order valence-corrected chi connectivity index (χ4v) is 1.83. The van der Waals surface area contributed by atoms with Crippen molar-refractivity contribution < 1.29 is 4.79 Å². The van der Waals surface area contributed by atoms with Crippen molar-refractivity contribution >= 4 is 5.78 Å². The third-order valence-electron chi connectivity index (χ3n) is 2.92. The average molecular weight is 283 g/mol. The van der Waals surface area contributed by atoms with Gasteiger partial charge in [0.1, 0.15) is 0 Å². The molecule has 2 heteroatoms. The number of nitrogens with zero attached hydrogens (tertiary/aromatic N) is 1. The summed E-state index contributed by atoms with van der Waals surface area (Å²) in [4.78, 5) is 14.2. The highest BCUT2D eigenvalue weighted by atomic mass is 16.1. The Bertz CT molecular complexity index is 567. The number of hydrogen-bond donors (Lipinski definition) is 0. The maximum Gasteiger partial charge on any atom is 0.177 e. The summed E-state index contributed by atoms with van der Waals surface area (Å²) in [5.41, 5.74) is 1.86. The highest BCUT2D eigenvalue weighted by Gasteiger charge is 2.10. The summed E-state index contributed by atoms with van der Waals surface area (Å²) in [5.74, 6) is 6.34. The zero-order valence-corrected chi connectivity index (χ0v) is 13.7. The zero-order chi connectivity index (χ0) is 15.9. The highest BCUT2D eigenvalue weighted by molar-refractivity contribution is 5.98. The molecule has 0 bridgehead atoms. The van der Waals surface area contributed by atoms with Crippen LogP contribution in [0.1, 0.15) is 36.7 Å². The predicted octanol–water partition coefficient (Wildman–Crippen LogP) is 3.72. The van der Waals surface area contributed by atoms with Gasteiger partial charge < -0.3 is 0 Å². The largest absolute Gasteiger partial charge is 0.295 e. The van der Waals surface area contributed by atoms with Gasteiger partial charge in [0.25, 0.3) is 0 Å². The molecule has 0 heterocycles. The molecule has 0 aliphatic heterocycles. The van der Waals surface area contributed by atoms with Gasteiger partial charge in [0.05, 0.1) is 6.54 Å². The van der Waals surface area contributed by atoms with Gasteiger partial charge in [-0.15, -0.1) is 0 Å². The van der Waals surface area contributed by atoms with Crippen LogP contribution in [0.4, 0.5) is 0 Å². The summed E-state index contributed by atoms with van der Waals surface area (Å²) in [7, 11) is 1.94. The van der Waals surface area contributed by atoms with Crippen LogP contribution in [0.15, 0.2) is 36.4 Å². The van der Waals surface area contributed by atoms with Gasteiger partial charge >= 0.3 is 0 Å². The van der Waals surface area contributed by atoms with Crippen LogP contribution in [0, 0.1) is 24.2 Å². The number of hydrogen-bond acceptors (Lipinski definition) is 2. The van der Waals surface area contributed by atoms with Crippen LogP contribution in [0.3, 0.4) is 0 Å². The number of carbonyl (C=O) groups excluding carboxylic acids is 1. The highest BCUT2D eigenvalue weighted by Crippen LogP contribution is 2.10. The lowest BCUT2D eigenvalue weighted by molar-refractivity contribution is 0.0951. The number of rotatable bonds is 5. The molecule has 0 saturated carbocycles. The number of aryl methyl sites for hydroxylation is 1. The second-order valence-electron chi connectivity index (χ2n) is 6.36. The van der Waals surface area contributed by atoms with E-state index in [9.17, 15) is 4.79 Å². The predicted molar refractivity (Wildman–Crippen MR) is 89.4 cm³/mol. The molecular weight excluding hydrogens is 258 g/mol. The Morgan fingerprint density at radius 2 is 1.95 bits per heavy atom. The van der Waals surface area contributed by atoms with Crippen LogP contribution in [-0.2, 0) is 0 Å². The summed E-state index contributed by atoms with van der Waals surface area (Å²) in [6.07, 6.45) is 3.85. The first-order chi connectivity index (χ1) is 9.79. The number of benzene rings is 1. The van der Waals surface area contributed by atoms with Gasteiger partial charge in [0, 0.05) is 17.5 Å². The quantitative estimate of drug-likeness (QED) is 0.606. The molecule has 0 amide bonds. The minimum Gasteiger partial charge on any atom is -0.295 e. The Kier molecular flexibility index (Phi) is 6.39. The Balaban J connectivity index is 2.49. The van der Waals surface area contributed by atoms with Gasteiger partial charge in [0.2, 0.25) is 0 Å². The summed E-state index contributed by atoms with van der Waals surface area (Å²) >= 11 is 0. The van der Waals surface area contributed by atoms with Crippen molar-refractivity contribution in [3.63, 3.8) is 0 Å². The Morgan fingerprint density at radius 1 is 1.29 bits per heavy atom. The minimum atomic E-state index is 0.0248. The van der Waals surface area contributed by atoms with E-state index in [4.69, 9.17) is 0 Å². The van der Waals surface area contributed by atoms with E-state index in [2.05, 4.69) is 32.6 Å². The summed E-state index contributed by atoms with van der Waals surface area (Å²) < 4.78 is 0. The van der Waals surface area contributed by atoms with Crippen LogP contribution in [0.5, 0.6) is 0 Å². The molecule has 0 fully saturated rings. The van der Waals surface area contributed by atoms with Crippen molar-refractivity contribution in [3.8, 4) is 11.8 Å². The monoisotopic (exact) mass is 283 g/mol. The fourth-order valence-electron chi connectivity index (χ4n) is 1.83. The van der Waals surface area contributed by atoms with E-state index in [0.717, 1.165) is 17.7 Å². The fraction of sp³-hybridized carbons (Fsp3) is 0.421. The van der Waals surface area contributed by atoms with Crippen LogP contribution >= 0.6 is 0 Å². The van der Waals surface area contributed by atoms with E-state index in [1.807, 2.05) is 55.3 Å². The normalized spacial score (nSPS) is 11.5. The third kappa shape index (κ3) is 6.92. The average Bonchev–Trinajstić information content (AvgIpc) is 2.37. The molecule has 2 nitrogen and oxygen atoms in total. The van der Waals surface area contributed by atoms with Crippen molar-refractivity contribution in [2.24, 2.45) is 5.41 Å². The van der Waals surface area contributed by atoms with Gasteiger partial charge in [-0.05, 0) is 46.4 Å². The van der Waals surface area contributed by atoms with E-state index in [1.54, 1.807) is 0 Å². The smallest absolute Gasteiger partial charge is 0.177 e. The van der Waals surface area contributed by atoms with Crippen molar-refractivity contribution in [3.05, 3.63) is 47.5 Å². The van der Waals surface area contributed by atoms with Crippen LogP contribution < -0.4 is 0 Å². The first kappa shape index (κ1) is 17.2. The Hall–Kier alpha value is -1.85. The lowest BCUT2D eigenvalue weighted by Gasteiger charge is -2.14. The number of Topliss-reactive ketones (excluding diaryl/α,β-unsaturated/α-hetero) is 1. The maximum absolute atomic E-state index is 12.2. The van der Waals surface area contributed by atoms with Crippen LogP contribution in [0.25, 0.3) is 0 Å². The minimum absolute atomic E-state index is 0.0248. The van der Waals surface area contributed by atoms with Gasteiger partial charge in [-0.2, -0.15) is 0 Å². The lowest BCUT2D eigenvalue weighted by Crippen LogP contribution is -2.26. The summed E-state index contributed by atoms with van der Waals surface area (Å²) in [6.45, 7) is 9.36. The zero-order valence-electron chi connectivity index (χ0n) is 13.7. The number of allylic oxidation sites excluding steroid dienone is 1. The first-order valence-electron chi connectivity index (χ1n) is 7.24. The Morgan fingerprint density at radius 3 is 2.57 bits per heavy atom. The molecule has 1 rings (SSSR count). The molecule has 1 aromatic carbocycles. The van der Waals surface area contributed by atoms with Crippen LogP contribution in [0.2, 0.25) is 0 Å². The SMILES string of the molecule is Cc1ccccc1C(=O)CN(C)CC=CC#CC(C)(C)C. The van der Waals surface area contributed by atoms with E-state index in [0.29, 0.717) is 6.54 Å². The van der Waals surface area contributed by atoms with E-state index in [-0.39, 0.29) is 11.2 Å². The molecule has 0 radical (unpaired) electrons. The van der Waals surface area contributed by atoms with E-state index in [1.165, 1.54) is 0 Å². The molecular formula is C19H25NO. The second kappa shape index (κ2) is 7.81. The van der Waals surface area contributed by atoms with Crippen molar-refractivity contribution in [2.75, 3.05) is 20.1 Å². The molecule has 1 aromatic rings. The van der Waals surface area contributed by atoms with Crippen molar-refractivity contribution in [1.82, 2.24) is 4.90 Å². The van der Waals surface area contributed by atoms with Gasteiger partial charge in [0.15, 0.2) is 5.78 Å². The number of carbonyl (C=O) groups is 1. The third-order valence-corrected chi connectivity index (χ3v) is 2.92. The number of likely N-dealkylation sites (N-methyl/N-ethyl adjacent to an activating group) is 1. The molecule has 0 N–H and O–H groups in total. The Labute approximate surface area is 128 Å². The molecule has 0 saturated heterocycles.